The van der Waals surface area contributed by atoms with Gasteiger partial charge in [-0.25, -0.2) is 8.42 Å². The Morgan fingerprint density at radius 1 is 1.00 bits per heavy atom. The first-order valence-corrected chi connectivity index (χ1v) is 15.7. The highest BCUT2D eigenvalue weighted by atomic mass is 79.9. The summed E-state index contributed by atoms with van der Waals surface area (Å²) < 4.78 is 33.3. The fourth-order valence-corrected chi connectivity index (χ4v) is 5.63. The molecule has 0 aliphatic carbocycles. The van der Waals surface area contributed by atoms with E-state index in [1.165, 1.54) is 12.0 Å². The Morgan fingerprint density at radius 2 is 1.70 bits per heavy atom. The van der Waals surface area contributed by atoms with Crippen LogP contribution in [0, 0.1) is 6.92 Å². The predicted octanol–water partition coefficient (Wildman–Crippen LogP) is 4.70. The van der Waals surface area contributed by atoms with Crippen LogP contribution < -0.4 is 14.4 Å². The summed E-state index contributed by atoms with van der Waals surface area (Å²) in [6, 6.07) is 21.2. The van der Waals surface area contributed by atoms with Crippen LogP contribution >= 0.6 is 15.9 Å². The van der Waals surface area contributed by atoms with Crippen LogP contribution in [0.25, 0.3) is 0 Å². The van der Waals surface area contributed by atoms with Crippen molar-refractivity contribution in [3.8, 4) is 5.75 Å². The number of nitrogens with one attached hydrogen (secondary N) is 1. The first-order chi connectivity index (χ1) is 19.0. The number of sulfonamides is 1. The quantitative estimate of drug-likeness (QED) is 0.296. The lowest BCUT2D eigenvalue weighted by Crippen LogP contribution is -2.53. The molecule has 0 unspecified atom stereocenters. The summed E-state index contributed by atoms with van der Waals surface area (Å²) >= 11 is 3.48. The van der Waals surface area contributed by atoms with E-state index in [-0.39, 0.29) is 24.6 Å². The number of anilines is 1. The van der Waals surface area contributed by atoms with Crippen LogP contribution in [0.15, 0.2) is 77.3 Å². The minimum Gasteiger partial charge on any atom is -0.495 e. The predicted molar refractivity (Wildman–Crippen MR) is 162 cm³/mol. The molecule has 10 heteroatoms. The summed E-state index contributed by atoms with van der Waals surface area (Å²) in [5.74, 6) is -0.487. The van der Waals surface area contributed by atoms with Crippen LogP contribution in [-0.4, -0.2) is 57.6 Å². The zero-order chi connectivity index (χ0) is 29.3. The topological polar surface area (TPSA) is 96.0 Å². The van der Waals surface area contributed by atoms with Crippen molar-refractivity contribution in [2.45, 2.75) is 39.3 Å². The summed E-state index contributed by atoms with van der Waals surface area (Å²) in [6.07, 6.45) is 2.05. The second-order valence-electron chi connectivity index (χ2n) is 9.59. The number of nitrogens with zero attached hydrogens (tertiary/aromatic N) is 2. The minimum absolute atomic E-state index is 0.109. The van der Waals surface area contributed by atoms with Gasteiger partial charge in [-0.2, -0.15) is 0 Å². The van der Waals surface area contributed by atoms with E-state index in [1.807, 2.05) is 68.4 Å². The number of methoxy groups -OCH3 is 1. The standard InChI is InChI=1S/C30H36BrN3O5S/c1-5-16-32-30(36)27(19-23-10-7-6-8-11-23)33(20-24-12-9-13-25(31)18-24)29(35)21-34(40(4,37)38)26-17-22(2)14-15-28(26)39-3/h6-15,17-18,27H,5,16,19-21H2,1-4H3,(H,32,36)/t27-/m0/s1. The van der Waals surface area contributed by atoms with Gasteiger partial charge in [-0.3, -0.25) is 13.9 Å². The third-order valence-electron chi connectivity index (χ3n) is 6.34. The third kappa shape index (κ3) is 8.56. The molecular weight excluding hydrogens is 594 g/mol. The second-order valence-corrected chi connectivity index (χ2v) is 12.4. The van der Waals surface area contributed by atoms with E-state index in [0.29, 0.717) is 12.3 Å². The molecule has 0 heterocycles. The Kier molecular flexibility index (Phi) is 11.2. The zero-order valence-electron chi connectivity index (χ0n) is 23.3. The average molecular weight is 631 g/mol. The first kappa shape index (κ1) is 31.2. The summed E-state index contributed by atoms with van der Waals surface area (Å²) in [7, 11) is -2.45. The molecule has 2 amide bonds. The molecule has 0 aliphatic heterocycles. The number of carbonyl (C=O) groups excluding carboxylic acids is 2. The molecule has 0 radical (unpaired) electrons. The number of hydrogen-bond acceptors (Lipinski definition) is 5. The van der Waals surface area contributed by atoms with Crippen molar-refractivity contribution in [2.75, 3.05) is 30.8 Å². The highest BCUT2D eigenvalue weighted by Crippen LogP contribution is 2.31. The van der Waals surface area contributed by atoms with Gasteiger partial charge in [0.2, 0.25) is 21.8 Å². The molecule has 3 aromatic rings. The number of benzene rings is 3. The lowest BCUT2D eigenvalue weighted by Gasteiger charge is -2.33. The largest absolute Gasteiger partial charge is 0.495 e. The summed E-state index contributed by atoms with van der Waals surface area (Å²) in [5.41, 5.74) is 2.74. The number of amides is 2. The smallest absolute Gasteiger partial charge is 0.244 e. The fraction of sp³-hybridized carbons (Fsp3) is 0.333. The number of rotatable bonds is 13. The van der Waals surface area contributed by atoms with Gasteiger partial charge in [0.15, 0.2) is 0 Å². The SMILES string of the molecule is CCCNC(=O)[C@H](Cc1ccccc1)N(Cc1cccc(Br)c1)C(=O)CN(c1cc(C)ccc1OC)S(C)(=O)=O. The van der Waals surface area contributed by atoms with Crippen LogP contribution in [0.4, 0.5) is 5.69 Å². The molecule has 3 aromatic carbocycles. The molecule has 3 rings (SSSR count). The molecule has 8 nitrogen and oxygen atoms in total. The Bertz CT molecular complexity index is 1420. The van der Waals surface area contributed by atoms with Crippen molar-refractivity contribution in [3.63, 3.8) is 0 Å². The third-order valence-corrected chi connectivity index (χ3v) is 7.96. The van der Waals surface area contributed by atoms with Crippen LogP contribution in [0.2, 0.25) is 0 Å². The summed E-state index contributed by atoms with van der Waals surface area (Å²) in [6.45, 7) is 3.85. The number of ether oxygens (including phenoxy) is 1. The van der Waals surface area contributed by atoms with Crippen LogP contribution in [0.5, 0.6) is 5.75 Å². The molecule has 1 atom stereocenters. The van der Waals surface area contributed by atoms with Crippen molar-refractivity contribution in [1.29, 1.82) is 0 Å². The molecule has 40 heavy (non-hydrogen) atoms. The molecule has 214 valence electrons. The lowest BCUT2D eigenvalue weighted by molar-refractivity contribution is -0.140. The van der Waals surface area contributed by atoms with Crippen molar-refractivity contribution in [2.24, 2.45) is 0 Å². The molecule has 0 bridgehead atoms. The van der Waals surface area contributed by atoms with Crippen LogP contribution in [0.1, 0.15) is 30.0 Å². The molecule has 0 saturated heterocycles. The van der Waals surface area contributed by atoms with Crippen molar-refractivity contribution in [1.82, 2.24) is 10.2 Å². The molecule has 1 N–H and O–H groups in total. The maximum atomic E-state index is 14.1. The maximum Gasteiger partial charge on any atom is 0.244 e. The minimum atomic E-state index is -3.90. The number of hydrogen-bond donors (Lipinski definition) is 1. The van der Waals surface area contributed by atoms with Gasteiger partial charge < -0.3 is 15.0 Å². The Hall–Kier alpha value is -3.37. The average Bonchev–Trinajstić information content (AvgIpc) is 2.92. The Morgan fingerprint density at radius 3 is 2.33 bits per heavy atom. The highest BCUT2D eigenvalue weighted by molar-refractivity contribution is 9.10. The van der Waals surface area contributed by atoms with E-state index < -0.39 is 28.5 Å². The van der Waals surface area contributed by atoms with E-state index in [1.54, 1.807) is 18.2 Å². The maximum absolute atomic E-state index is 14.1. The van der Waals surface area contributed by atoms with Gasteiger partial charge in [0.25, 0.3) is 0 Å². The van der Waals surface area contributed by atoms with Gasteiger partial charge >= 0.3 is 0 Å². The zero-order valence-corrected chi connectivity index (χ0v) is 25.7. The fourth-order valence-electron chi connectivity index (χ4n) is 4.34. The molecule has 0 aromatic heterocycles. The Labute approximate surface area is 245 Å². The second kappa shape index (κ2) is 14.3. The van der Waals surface area contributed by atoms with Gasteiger partial charge in [0.05, 0.1) is 19.1 Å². The first-order valence-electron chi connectivity index (χ1n) is 13.0. The monoisotopic (exact) mass is 629 g/mol. The molecule has 0 aliphatic rings. The number of carbonyl (C=O) groups is 2. The highest BCUT2D eigenvalue weighted by Gasteiger charge is 2.33. The number of halogens is 1. The normalized spacial score (nSPS) is 11.9. The van der Waals surface area contributed by atoms with Crippen LogP contribution in [-0.2, 0) is 32.6 Å². The van der Waals surface area contributed by atoms with Crippen molar-refractivity contribution in [3.05, 3.63) is 94.0 Å². The van der Waals surface area contributed by atoms with Crippen molar-refractivity contribution < 1.29 is 22.7 Å². The van der Waals surface area contributed by atoms with Gasteiger partial charge in [0, 0.05) is 24.0 Å². The number of aryl methyl sites for hydroxylation is 1. The van der Waals surface area contributed by atoms with Gasteiger partial charge in [-0.1, -0.05) is 71.4 Å². The van der Waals surface area contributed by atoms with E-state index in [9.17, 15) is 18.0 Å². The molecule has 0 fully saturated rings. The van der Waals surface area contributed by atoms with E-state index in [4.69, 9.17) is 4.74 Å². The van der Waals surface area contributed by atoms with E-state index >= 15 is 0 Å². The van der Waals surface area contributed by atoms with Gasteiger partial charge in [0.1, 0.15) is 18.3 Å². The van der Waals surface area contributed by atoms with E-state index in [2.05, 4.69) is 21.2 Å². The summed E-state index contributed by atoms with van der Waals surface area (Å²) in [4.78, 5) is 29.2. The van der Waals surface area contributed by atoms with Crippen LogP contribution in [0.3, 0.4) is 0 Å². The molecule has 0 saturated carbocycles. The summed E-state index contributed by atoms with van der Waals surface area (Å²) in [5, 5.41) is 2.93. The van der Waals surface area contributed by atoms with Gasteiger partial charge in [-0.15, -0.1) is 0 Å². The molecular formula is C30H36BrN3O5S. The van der Waals surface area contributed by atoms with E-state index in [0.717, 1.165) is 38.1 Å². The van der Waals surface area contributed by atoms with Gasteiger partial charge in [-0.05, 0) is 54.3 Å². The molecule has 0 spiro atoms. The van der Waals surface area contributed by atoms with Crippen molar-refractivity contribution >= 4 is 43.5 Å². The lowest BCUT2D eigenvalue weighted by atomic mass is 10.0. The Balaban J connectivity index is 2.08.